The molecule has 0 saturated carbocycles. The summed E-state index contributed by atoms with van der Waals surface area (Å²) in [5.41, 5.74) is 2.69. The molecule has 1 heterocycles. The Kier molecular flexibility index (Phi) is 4.61. The number of rotatable bonds is 6. The highest BCUT2D eigenvalue weighted by Crippen LogP contribution is 2.34. The third-order valence-corrected chi connectivity index (χ3v) is 3.44. The highest BCUT2D eigenvalue weighted by atomic mass is 16.5. The van der Waals surface area contributed by atoms with Crippen LogP contribution in [0, 0.1) is 0 Å². The van der Waals surface area contributed by atoms with Crippen LogP contribution in [-0.2, 0) is 6.42 Å². The van der Waals surface area contributed by atoms with E-state index in [0.717, 1.165) is 38.3 Å². The van der Waals surface area contributed by atoms with E-state index in [2.05, 4.69) is 49.4 Å². The number of benzene rings is 1. The predicted molar refractivity (Wildman–Crippen MR) is 75.2 cm³/mol. The maximum Gasteiger partial charge on any atom is 0.127 e. The van der Waals surface area contributed by atoms with E-state index in [1.54, 1.807) is 0 Å². The second kappa shape index (κ2) is 6.21. The van der Waals surface area contributed by atoms with E-state index in [-0.39, 0.29) is 0 Å². The number of ether oxygens (including phenoxy) is 1. The summed E-state index contributed by atoms with van der Waals surface area (Å²) in [5, 5.41) is 3.58. The second-order valence-electron chi connectivity index (χ2n) is 5.14. The van der Waals surface area contributed by atoms with Crippen molar-refractivity contribution in [1.82, 2.24) is 10.2 Å². The summed E-state index contributed by atoms with van der Waals surface area (Å²) in [6, 6.07) is 6.93. The minimum atomic E-state index is 0.394. The topological polar surface area (TPSA) is 24.5 Å². The van der Waals surface area contributed by atoms with Crippen LogP contribution in [0.5, 0.6) is 5.75 Å². The fourth-order valence-corrected chi connectivity index (χ4v) is 2.52. The zero-order chi connectivity index (χ0) is 13.0. The largest absolute Gasteiger partial charge is 0.493 e. The third-order valence-electron chi connectivity index (χ3n) is 3.44. The molecule has 1 aliphatic heterocycles. The van der Waals surface area contributed by atoms with Gasteiger partial charge in [-0.25, -0.2) is 0 Å². The number of nitrogens with one attached hydrogen (secondary N) is 1. The highest BCUT2D eigenvalue weighted by Gasteiger charge is 2.21. The van der Waals surface area contributed by atoms with E-state index in [1.807, 2.05) is 0 Å². The number of nitrogens with zero attached hydrogens (tertiary/aromatic N) is 1. The smallest absolute Gasteiger partial charge is 0.127 e. The third kappa shape index (κ3) is 3.03. The first-order chi connectivity index (χ1) is 8.72. The summed E-state index contributed by atoms with van der Waals surface area (Å²) in [6.45, 7) is 5.06. The molecule has 0 aliphatic carbocycles. The van der Waals surface area contributed by atoms with E-state index >= 15 is 0 Å². The van der Waals surface area contributed by atoms with Gasteiger partial charge in [0.1, 0.15) is 5.75 Å². The molecule has 100 valence electrons. The Morgan fingerprint density at radius 1 is 1.39 bits per heavy atom. The molecule has 18 heavy (non-hydrogen) atoms. The molecule has 1 aliphatic rings. The zero-order valence-corrected chi connectivity index (χ0v) is 11.7. The quantitative estimate of drug-likeness (QED) is 0.835. The number of hydrogen-bond donors (Lipinski definition) is 1. The molecule has 1 unspecified atom stereocenters. The second-order valence-corrected chi connectivity index (χ2v) is 5.14. The van der Waals surface area contributed by atoms with Crippen molar-refractivity contribution in [2.45, 2.75) is 25.8 Å². The van der Waals surface area contributed by atoms with Gasteiger partial charge in [-0.05, 0) is 39.2 Å². The molecule has 0 radical (unpaired) electrons. The Hall–Kier alpha value is -1.06. The molecule has 3 nitrogen and oxygen atoms in total. The normalized spacial score (nSPS) is 15.6. The molecule has 0 spiro atoms. The highest BCUT2D eigenvalue weighted by molar-refractivity contribution is 5.45. The molecular formula is C15H24N2O. The van der Waals surface area contributed by atoms with Gasteiger partial charge in [0.2, 0.25) is 0 Å². The monoisotopic (exact) mass is 248 g/mol. The van der Waals surface area contributed by atoms with Gasteiger partial charge in [0.25, 0.3) is 0 Å². The molecule has 1 atom stereocenters. The molecule has 3 heteroatoms. The van der Waals surface area contributed by atoms with Crippen molar-refractivity contribution >= 4 is 0 Å². The van der Waals surface area contributed by atoms with Crippen LogP contribution in [0.2, 0.25) is 0 Å². The van der Waals surface area contributed by atoms with Crippen molar-refractivity contribution in [2.24, 2.45) is 0 Å². The number of para-hydroxylation sites is 1. The average Bonchev–Trinajstić information content (AvgIpc) is 2.82. The molecular weight excluding hydrogens is 224 g/mol. The summed E-state index contributed by atoms with van der Waals surface area (Å²) >= 11 is 0. The SMILES string of the molecule is CCNC(CCN(C)C)c1cccc2c1OCC2. The van der Waals surface area contributed by atoms with Gasteiger partial charge in [-0.15, -0.1) is 0 Å². The van der Waals surface area contributed by atoms with Crippen molar-refractivity contribution in [3.63, 3.8) is 0 Å². The van der Waals surface area contributed by atoms with Gasteiger partial charge in [-0.1, -0.05) is 25.1 Å². The molecule has 0 amide bonds. The van der Waals surface area contributed by atoms with E-state index in [9.17, 15) is 0 Å². The lowest BCUT2D eigenvalue weighted by molar-refractivity contribution is 0.335. The summed E-state index contributed by atoms with van der Waals surface area (Å²) in [7, 11) is 4.24. The van der Waals surface area contributed by atoms with Crippen LogP contribution in [0.1, 0.15) is 30.5 Å². The maximum absolute atomic E-state index is 5.81. The number of hydrogen-bond acceptors (Lipinski definition) is 3. The summed E-state index contributed by atoms with van der Waals surface area (Å²) in [4.78, 5) is 2.23. The lowest BCUT2D eigenvalue weighted by Gasteiger charge is -2.22. The van der Waals surface area contributed by atoms with Gasteiger partial charge in [-0.3, -0.25) is 0 Å². The van der Waals surface area contributed by atoms with Crippen LogP contribution < -0.4 is 10.1 Å². The van der Waals surface area contributed by atoms with E-state index in [1.165, 1.54) is 11.1 Å². The Morgan fingerprint density at radius 2 is 2.22 bits per heavy atom. The fourth-order valence-electron chi connectivity index (χ4n) is 2.52. The van der Waals surface area contributed by atoms with Gasteiger partial charge >= 0.3 is 0 Å². The van der Waals surface area contributed by atoms with Crippen molar-refractivity contribution in [1.29, 1.82) is 0 Å². The Bertz CT molecular complexity index is 390. The van der Waals surface area contributed by atoms with Gasteiger partial charge < -0.3 is 15.0 Å². The molecule has 1 N–H and O–H groups in total. The minimum absolute atomic E-state index is 0.394. The van der Waals surface area contributed by atoms with Crippen LogP contribution in [0.25, 0.3) is 0 Å². The Labute approximate surface area is 110 Å². The molecule has 0 bridgehead atoms. The zero-order valence-electron chi connectivity index (χ0n) is 11.7. The minimum Gasteiger partial charge on any atom is -0.493 e. The molecule has 0 saturated heterocycles. The first-order valence-electron chi connectivity index (χ1n) is 6.85. The van der Waals surface area contributed by atoms with Crippen LogP contribution in [0.3, 0.4) is 0 Å². The average molecular weight is 248 g/mol. The molecule has 1 aromatic carbocycles. The standard InChI is InChI=1S/C15H24N2O/c1-4-16-14(8-10-17(2)3)13-7-5-6-12-9-11-18-15(12)13/h5-7,14,16H,4,8-11H2,1-3H3. The van der Waals surface area contributed by atoms with Gasteiger partial charge in [0.15, 0.2) is 0 Å². The Morgan fingerprint density at radius 3 is 2.94 bits per heavy atom. The molecule has 0 aromatic heterocycles. The lowest BCUT2D eigenvalue weighted by Crippen LogP contribution is -2.25. The van der Waals surface area contributed by atoms with Crippen molar-refractivity contribution < 1.29 is 4.74 Å². The van der Waals surface area contributed by atoms with Crippen LogP contribution in [0.4, 0.5) is 0 Å². The lowest BCUT2D eigenvalue weighted by atomic mass is 9.99. The van der Waals surface area contributed by atoms with E-state index in [0.29, 0.717) is 6.04 Å². The van der Waals surface area contributed by atoms with Crippen LogP contribution in [-0.4, -0.2) is 38.7 Å². The first-order valence-corrected chi connectivity index (χ1v) is 6.85. The fraction of sp³-hybridized carbons (Fsp3) is 0.600. The molecule has 0 fully saturated rings. The first kappa shape index (κ1) is 13.4. The van der Waals surface area contributed by atoms with E-state index < -0.39 is 0 Å². The summed E-state index contributed by atoms with van der Waals surface area (Å²) in [5.74, 6) is 1.13. The summed E-state index contributed by atoms with van der Waals surface area (Å²) in [6.07, 6.45) is 2.16. The van der Waals surface area contributed by atoms with Gasteiger partial charge in [-0.2, -0.15) is 0 Å². The predicted octanol–water partition coefficient (Wildman–Crippen LogP) is 2.22. The van der Waals surface area contributed by atoms with Crippen LogP contribution in [0.15, 0.2) is 18.2 Å². The number of fused-ring (bicyclic) bond motifs is 1. The van der Waals surface area contributed by atoms with E-state index in [4.69, 9.17) is 4.74 Å². The van der Waals surface area contributed by atoms with Gasteiger partial charge in [0, 0.05) is 18.0 Å². The molecule has 2 rings (SSSR count). The maximum atomic E-state index is 5.81. The van der Waals surface area contributed by atoms with Crippen molar-refractivity contribution in [2.75, 3.05) is 33.8 Å². The van der Waals surface area contributed by atoms with Crippen LogP contribution >= 0.6 is 0 Å². The van der Waals surface area contributed by atoms with Crippen molar-refractivity contribution in [3.8, 4) is 5.75 Å². The Balaban J connectivity index is 2.17. The summed E-state index contributed by atoms with van der Waals surface area (Å²) < 4.78 is 5.81. The molecule has 1 aromatic rings. The van der Waals surface area contributed by atoms with Gasteiger partial charge in [0.05, 0.1) is 6.61 Å². The van der Waals surface area contributed by atoms with Crippen molar-refractivity contribution in [3.05, 3.63) is 29.3 Å².